The first-order valence-electron chi connectivity index (χ1n) is 4.46. The van der Waals surface area contributed by atoms with Gasteiger partial charge < -0.3 is 15.7 Å². The van der Waals surface area contributed by atoms with Crippen molar-refractivity contribution in [2.75, 3.05) is 0 Å². The van der Waals surface area contributed by atoms with E-state index in [0.717, 1.165) is 6.07 Å². The SMILES string of the molecule is C/C(N)=N/OC(=O)c1ccc(Cl)cc1C(=O)O. The zero-order valence-corrected chi connectivity index (χ0v) is 9.56. The van der Waals surface area contributed by atoms with Crippen molar-refractivity contribution in [1.29, 1.82) is 0 Å². The average Bonchev–Trinajstić information content (AvgIpc) is 2.25. The molecule has 1 rings (SSSR count). The second-order valence-corrected chi connectivity index (χ2v) is 3.54. The zero-order chi connectivity index (χ0) is 13.0. The molecule has 17 heavy (non-hydrogen) atoms. The van der Waals surface area contributed by atoms with Crippen molar-refractivity contribution >= 4 is 29.4 Å². The Labute approximate surface area is 102 Å². The molecular formula is C10H9ClN2O4. The molecule has 3 N–H and O–H groups in total. The van der Waals surface area contributed by atoms with Gasteiger partial charge in [-0.1, -0.05) is 16.8 Å². The maximum atomic E-state index is 11.5. The molecule has 0 atom stereocenters. The van der Waals surface area contributed by atoms with Gasteiger partial charge in [-0.05, 0) is 25.1 Å². The van der Waals surface area contributed by atoms with Gasteiger partial charge in [-0.2, -0.15) is 0 Å². The van der Waals surface area contributed by atoms with E-state index in [1.165, 1.54) is 19.1 Å². The number of carboxylic acids is 1. The van der Waals surface area contributed by atoms with Gasteiger partial charge in [-0.15, -0.1) is 0 Å². The number of hydrogen-bond donors (Lipinski definition) is 2. The fourth-order valence-corrected chi connectivity index (χ4v) is 1.21. The highest BCUT2D eigenvalue weighted by atomic mass is 35.5. The van der Waals surface area contributed by atoms with Crippen molar-refractivity contribution < 1.29 is 19.5 Å². The van der Waals surface area contributed by atoms with Crippen LogP contribution in [0.1, 0.15) is 27.6 Å². The van der Waals surface area contributed by atoms with E-state index in [9.17, 15) is 9.59 Å². The maximum absolute atomic E-state index is 11.5. The van der Waals surface area contributed by atoms with Crippen LogP contribution in [0.2, 0.25) is 5.02 Å². The number of amidine groups is 1. The highest BCUT2D eigenvalue weighted by molar-refractivity contribution is 6.31. The molecule has 0 aliphatic rings. The number of nitrogens with zero attached hydrogens (tertiary/aromatic N) is 1. The van der Waals surface area contributed by atoms with E-state index < -0.39 is 11.9 Å². The number of nitrogens with two attached hydrogens (primary N) is 1. The predicted molar refractivity (Wildman–Crippen MR) is 61.1 cm³/mol. The minimum absolute atomic E-state index is 0.0455. The van der Waals surface area contributed by atoms with E-state index in [4.69, 9.17) is 22.4 Å². The number of benzene rings is 1. The Balaban J connectivity index is 3.09. The number of rotatable bonds is 3. The van der Waals surface area contributed by atoms with Crippen LogP contribution in [0.4, 0.5) is 0 Å². The summed E-state index contributed by atoms with van der Waals surface area (Å²) in [4.78, 5) is 26.8. The van der Waals surface area contributed by atoms with Crippen LogP contribution in [0.3, 0.4) is 0 Å². The molecule has 0 bridgehead atoms. The minimum atomic E-state index is -1.28. The van der Waals surface area contributed by atoms with Crippen molar-refractivity contribution in [3.8, 4) is 0 Å². The largest absolute Gasteiger partial charge is 0.478 e. The number of carbonyl (C=O) groups excluding carboxylic acids is 1. The third kappa shape index (κ3) is 3.46. The fraction of sp³-hybridized carbons (Fsp3) is 0.100. The average molecular weight is 257 g/mol. The molecule has 0 unspecified atom stereocenters. The van der Waals surface area contributed by atoms with E-state index in [0.29, 0.717) is 0 Å². The summed E-state index contributed by atoms with van der Waals surface area (Å²) in [6.07, 6.45) is 0. The van der Waals surface area contributed by atoms with Gasteiger partial charge in [0.1, 0.15) is 5.84 Å². The molecule has 0 heterocycles. The molecule has 0 saturated carbocycles. The lowest BCUT2D eigenvalue weighted by Gasteiger charge is -2.03. The van der Waals surface area contributed by atoms with E-state index >= 15 is 0 Å². The highest BCUT2D eigenvalue weighted by Gasteiger charge is 2.18. The first-order chi connectivity index (χ1) is 7.91. The summed E-state index contributed by atoms with van der Waals surface area (Å²) in [6, 6.07) is 3.78. The number of carboxylic acid groups (broad SMARTS) is 1. The molecular weight excluding hydrogens is 248 g/mol. The number of carbonyl (C=O) groups is 2. The molecule has 0 radical (unpaired) electrons. The van der Waals surface area contributed by atoms with Gasteiger partial charge in [0, 0.05) is 5.02 Å². The first-order valence-corrected chi connectivity index (χ1v) is 4.84. The Hall–Kier alpha value is -2.08. The topological polar surface area (TPSA) is 102 Å². The summed E-state index contributed by atoms with van der Waals surface area (Å²) >= 11 is 5.63. The van der Waals surface area contributed by atoms with Crippen LogP contribution in [0.25, 0.3) is 0 Å². The molecule has 90 valence electrons. The standard InChI is InChI=1S/C10H9ClN2O4/c1-5(12)13-17-10(16)7-3-2-6(11)4-8(7)9(14)15/h2-4H,1H3,(H2,12,13)(H,14,15). The third-order valence-corrected chi connectivity index (χ3v) is 1.94. The van der Waals surface area contributed by atoms with Gasteiger partial charge in [0.25, 0.3) is 0 Å². The molecule has 0 spiro atoms. The fourth-order valence-electron chi connectivity index (χ4n) is 1.03. The summed E-state index contributed by atoms with van der Waals surface area (Å²) in [5.41, 5.74) is 4.77. The Bertz CT molecular complexity index is 495. The van der Waals surface area contributed by atoms with Crippen LogP contribution in [-0.2, 0) is 4.84 Å². The van der Waals surface area contributed by atoms with Crippen molar-refractivity contribution in [2.45, 2.75) is 6.92 Å². The van der Waals surface area contributed by atoms with Gasteiger partial charge in [-0.3, -0.25) is 0 Å². The summed E-state index contributed by atoms with van der Waals surface area (Å²) in [5, 5.41) is 12.3. The van der Waals surface area contributed by atoms with E-state index in [-0.39, 0.29) is 22.0 Å². The van der Waals surface area contributed by atoms with Gasteiger partial charge in [0.15, 0.2) is 0 Å². The molecule has 0 aliphatic heterocycles. The molecule has 0 aliphatic carbocycles. The first kappa shape index (κ1) is 13.0. The monoisotopic (exact) mass is 256 g/mol. The normalized spacial score (nSPS) is 11.1. The second kappa shape index (κ2) is 5.31. The quantitative estimate of drug-likeness (QED) is 0.369. The lowest BCUT2D eigenvalue weighted by molar-refractivity contribution is 0.0504. The molecule has 0 saturated heterocycles. The van der Waals surface area contributed by atoms with Crippen molar-refractivity contribution in [2.24, 2.45) is 10.9 Å². The maximum Gasteiger partial charge on any atom is 0.366 e. The van der Waals surface area contributed by atoms with Crippen LogP contribution in [-0.4, -0.2) is 22.9 Å². The van der Waals surface area contributed by atoms with Gasteiger partial charge in [0.05, 0.1) is 11.1 Å². The van der Waals surface area contributed by atoms with Crippen molar-refractivity contribution in [3.05, 3.63) is 34.3 Å². The van der Waals surface area contributed by atoms with Crippen LogP contribution in [0, 0.1) is 0 Å². The van der Waals surface area contributed by atoms with Crippen molar-refractivity contribution in [3.63, 3.8) is 0 Å². The smallest absolute Gasteiger partial charge is 0.366 e. The summed E-state index contributed by atoms with van der Waals surface area (Å²) in [7, 11) is 0. The molecule has 0 aromatic heterocycles. The lowest BCUT2D eigenvalue weighted by atomic mass is 10.1. The highest BCUT2D eigenvalue weighted by Crippen LogP contribution is 2.17. The predicted octanol–water partition coefficient (Wildman–Crippen LogP) is 1.49. The molecule has 6 nitrogen and oxygen atoms in total. The third-order valence-electron chi connectivity index (χ3n) is 1.70. The van der Waals surface area contributed by atoms with E-state index in [2.05, 4.69) is 9.99 Å². The number of oxime groups is 1. The van der Waals surface area contributed by atoms with Crippen LogP contribution >= 0.6 is 11.6 Å². The second-order valence-electron chi connectivity index (χ2n) is 3.11. The minimum Gasteiger partial charge on any atom is -0.478 e. The summed E-state index contributed by atoms with van der Waals surface area (Å²) in [6.45, 7) is 1.42. The Morgan fingerprint density at radius 1 is 1.41 bits per heavy atom. The van der Waals surface area contributed by atoms with Gasteiger partial charge in [0.2, 0.25) is 0 Å². The van der Waals surface area contributed by atoms with E-state index in [1.54, 1.807) is 0 Å². The molecule has 1 aromatic rings. The molecule has 0 fully saturated rings. The molecule has 7 heteroatoms. The van der Waals surface area contributed by atoms with Gasteiger partial charge >= 0.3 is 11.9 Å². The van der Waals surface area contributed by atoms with Crippen LogP contribution in [0.5, 0.6) is 0 Å². The van der Waals surface area contributed by atoms with E-state index in [1.807, 2.05) is 0 Å². The molecule has 1 aromatic carbocycles. The van der Waals surface area contributed by atoms with Gasteiger partial charge in [-0.25, -0.2) is 9.59 Å². The number of halogens is 1. The summed E-state index contributed by atoms with van der Waals surface area (Å²) < 4.78 is 0. The lowest BCUT2D eigenvalue weighted by Crippen LogP contribution is -2.12. The summed E-state index contributed by atoms with van der Waals surface area (Å²) in [5.74, 6) is -2.15. The van der Waals surface area contributed by atoms with Crippen molar-refractivity contribution in [1.82, 2.24) is 0 Å². The zero-order valence-electron chi connectivity index (χ0n) is 8.81. The Morgan fingerprint density at radius 3 is 2.59 bits per heavy atom. The van der Waals surface area contributed by atoms with Crippen LogP contribution in [0.15, 0.2) is 23.4 Å². The van der Waals surface area contributed by atoms with Crippen LogP contribution < -0.4 is 5.73 Å². The number of aromatic carboxylic acids is 1. The molecule has 0 amide bonds. The Kier molecular flexibility index (Phi) is 4.06. The Morgan fingerprint density at radius 2 is 2.06 bits per heavy atom. The number of hydrogen-bond acceptors (Lipinski definition) is 4.